The smallest absolute Gasteiger partial charge is 0.0847 e. The molecule has 0 saturated carbocycles. The van der Waals surface area contributed by atoms with E-state index in [0.29, 0.717) is 11.4 Å². The van der Waals surface area contributed by atoms with Crippen LogP contribution in [0.1, 0.15) is 31.7 Å². The maximum absolute atomic E-state index is 10.8. The minimum atomic E-state index is -0.493. The molecule has 0 amide bonds. The normalized spacial score (nSPS) is 21.2. The van der Waals surface area contributed by atoms with Crippen LogP contribution < -0.4 is 0 Å². The van der Waals surface area contributed by atoms with Crippen LogP contribution in [0.5, 0.6) is 0 Å². The Morgan fingerprint density at radius 2 is 2.05 bits per heavy atom. The number of aryl methyl sites for hydroxylation is 2. The van der Waals surface area contributed by atoms with Crippen molar-refractivity contribution in [3.63, 3.8) is 0 Å². The summed E-state index contributed by atoms with van der Waals surface area (Å²) in [5, 5.41) is 15.8. The third-order valence-corrected chi connectivity index (χ3v) is 5.31. The summed E-state index contributed by atoms with van der Waals surface area (Å²) in [4.78, 5) is 2.33. The second kappa shape index (κ2) is 6.65. The summed E-state index contributed by atoms with van der Waals surface area (Å²) in [7, 11) is 1.87. The Hall–Kier alpha value is -0.620. The minimum absolute atomic E-state index is 0.273. The van der Waals surface area contributed by atoms with Crippen molar-refractivity contribution in [1.29, 1.82) is 0 Å². The number of morpholine rings is 1. The van der Waals surface area contributed by atoms with Gasteiger partial charge in [0, 0.05) is 32.1 Å². The lowest BCUT2D eigenvalue weighted by Crippen LogP contribution is -2.58. The molecule has 0 aromatic carbocycles. The molecule has 6 heteroatoms. The van der Waals surface area contributed by atoms with Crippen LogP contribution in [0, 0.1) is 6.92 Å². The minimum Gasteiger partial charge on any atom is -0.391 e. The summed E-state index contributed by atoms with van der Waals surface area (Å²) in [6.45, 7) is 9.31. The first kappa shape index (κ1) is 16.7. The summed E-state index contributed by atoms with van der Waals surface area (Å²) >= 11 is 6.31. The molecule has 0 spiro atoms. The van der Waals surface area contributed by atoms with Gasteiger partial charge in [-0.05, 0) is 20.3 Å². The van der Waals surface area contributed by atoms with Crippen LogP contribution in [0.4, 0.5) is 0 Å². The van der Waals surface area contributed by atoms with Crippen LogP contribution in [0.3, 0.4) is 0 Å². The number of halogens is 1. The fraction of sp³-hybridized carbons (Fsp3) is 0.800. The molecule has 5 nitrogen and oxygen atoms in total. The van der Waals surface area contributed by atoms with Gasteiger partial charge in [0.2, 0.25) is 0 Å². The summed E-state index contributed by atoms with van der Waals surface area (Å²) in [5.41, 5.74) is 1.44. The number of hydrogen-bond donors (Lipinski definition) is 1. The molecule has 2 rings (SSSR count). The quantitative estimate of drug-likeness (QED) is 0.900. The lowest BCUT2D eigenvalue weighted by Gasteiger charge is -2.45. The van der Waals surface area contributed by atoms with Crippen LogP contribution in [-0.2, 0) is 18.2 Å². The van der Waals surface area contributed by atoms with Crippen molar-refractivity contribution < 1.29 is 9.84 Å². The Balaban J connectivity index is 2.17. The van der Waals surface area contributed by atoms with Crippen molar-refractivity contribution in [2.24, 2.45) is 7.05 Å². The number of ether oxygens (including phenoxy) is 1. The van der Waals surface area contributed by atoms with Gasteiger partial charge in [-0.1, -0.05) is 18.5 Å². The lowest BCUT2D eigenvalue weighted by molar-refractivity contribution is -0.0718. The second-order valence-corrected chi connectivity index (χ2v) is 6.38. The first-order chi connectivity index (χ1) is 9.90. The molecule has 2 heterocycles. The van der Waals surface area contributed by atoms with Crippen molar-refractivity contribution in [2.45, 2.75) is 45.3 Å². The molecular weight excluding hydrogens is 290 g/mol. The maximum atomic E-state index is 10.8. The zero-order chi connectivity index (χ0) is 15.6. The van der Waals surface area contributed by atoms with E-state index in [1.807, 2.05) is 14.0 Å². The third-order valence-electron chi connectivity index (χ3n) is 4.82. The monoisotopic (exact) mass is 315 g/mol. The Labute approximate surface area is 131 Å². The molecule has 0 radical (unpaired) electrons. The molecule has 21 heavy (non-hydrogen) atoms. The van der Waals surface area contributed by atoms with Crippen LogP contribution in [-0.4, -0.2) is 57.7 Å². The molecule has 0 bridgehead atoms. The molecular formula is C15H26ClN3O2. The molecule has 1 aliphatic rings. The number of aliphatic hydroxyl groups excluding tert-OH is 1. The number of hydrogen-bond acceptors (Lipinski definition) is 4. The predicted molar refractivity (Wildman–Crippen MR) is 83.8 cm³/mol. The summed E-state index contributed by atoms with van der Waals surface area (Å²) in [5.74, 6) is 0. The highest BCUT2D eigenvalue weighted by atomic mass is 35.5. The van der Waals surface area contributed by atoms with Gasteiger partial charge in [-0.3, -0.25) is 9.58 Å². The predicted octanol–water partition coefficient (Wildman–Crippen LogP) is 1.79. The fourth-order valence-corrected chi connectivity index (χ4v) is 3.29. The SMILES string of the molecule is CCC(C)(C(O)Cc1c(Cl)c(C)nn1C)N1CCOCC1. The highest BCUT2D eigenvalue weighted by molar-refractivity contribution is 6.31. The molecule has 1 aromatic heterocycles. The molecule has 120 valence electrons. The maximum Gasteiger partial charge on any atom is 0.0847 e. The molecule has 2 unspecified atom stereocenters. The van der Waals surface area contributed by atoms with E-state index in [4.69, 9.17) is 16.3 Å². The van der Waals surface area contributed by atoms with Crippen LogP contribution >= 0.6 is 11.6 Å². The fourth-order valence-electron chi connectivity index (χ4n) is 3.05. The van der Waals surface area contributed by atoms with Gasteiger partial charge < -0.3 is 9.84 Å². The van der Waals surface area contributed by atoms with Crippen LogP contribution in [0.25, 0.3) is 0 Å². The van der Waals surface area contributed by atoms with Gasteiger partial charge in [-0.15, -0.1) is 0 Å². The Bertz CT molecular complexity index is 486. The third kappa shape index (κ3) is 3.26. The van der Waals surface area contributed by atoms with E-state index in [2.05, 4.69) is 23.8 Å². The number of nitrogens with zero attached hydrogens (tertiary/aromatic N) is 3. The molecule has 1 aliphatic heterocycles. The van der Waals surface area contributed by atoms with Gasteiger partial charge in [0.25, 0.3) is 0 Å². The van der Waals surface area contributed by atoms with Gasteiger partial charge in [0.15, 0.2) is 0 Å². The molecule has 1 saturated heterocycles. The van der Waals surface area contributed by atoms with Gasteiger partial charge in [0.1, 0.15) is 0 Å². The van der Waals surface area contributed by atoms with E-state index in [9.17, 15) is 5.11 Å². The van der Waals surface area contributed by atoms with Crippen LogP contribution in [0.2, 0.25) is 5.02 Å². The van der Waals surface area contributed by atoms with Crippen LogP contribution in [0.15, 0.2) is 0 Å². The molecule has 1 aromatic rings. The Morgan fingerprint density at radius 3 is 2.52 bits per heavy atom. The number of aromatic nitrogens is 2. The first-order valence-corrected chi connectivity index (χ1v) is 7.96. The van der Waals surface area contributed by atoms with Crippen molar-refractivity contribution in [1.82, 2.24) is 14.7 Å². The van der Waals surface area contributed by atoms with Gasteiger partial charge in [-0.2, -0.15) is 5.10 Å². The van der Waals surface area contributed by atoms with E-state index in [-0.39, 0.29) is 5.54 Å². The summed E-state index contributed by atoms with van der Waals surface area (Å²) < 4.78 is 7.19. The van der Waals surface area contributed by atoms with Crippen molar-refractivity contribution in [3.05, 3.63) is 16.4 Å². The van der Waals surface area contributed by atoms with Gasteiger partial charge in [-0.25, -0.2) is 0 Å². The first-order valence-electron chi connectivity index (χ1n) is 7.59. The average molecular weight is 316 g/mol. The second-order valence-electron chi connectivity index (χ2n) is 6.00. The van der Waals surface area contributed by atoms with E-state index < -0.39 is 6.10 Å². The standard InChI is InChI=1S/C15H26ClN3O2/c1-5-15(3,19-6-8-21-9-7-19)13(20)10-12-14(16)11(2)17-18(12)4/h13,20H,5-10H2,1-4H3. The van der Waals surface area contributed by atoms with Crippen molar-refractivity contribution >= 4 is 11.6 Å². The number of rotatable bonds is 5. The van der Waals surface area contributed by atoms with Crippen molar-refractivity contribution in [2.75, 3.05) is 26.3 Å². The molecule has 2 atom stereocenters. The zero-order valence-corrected chi connectivity index (χ0v) is 14.2. The van der Waals surface area contributed by atoms with Gasteiger partial charge in [0.05, 0.1) is 35.7 Å². The van der Waals surface area contributed by atoms with E-state index in [0.717, 1.165) is 44.1 Å². The molecule has 1 N–H and O–H groups in total. The average Bonchev–Trinajstić information content (AvgIpc) is 2.73. The molecule has 1 fully saturated rings. The topological polar surface area (TPSA) is 50.5 Å². The largest absolute Gasteiger partial charge is 0.391 e. The highest BCUT2D eigenvalue weighted by Crippen LogP contribution is 2.29. The van der Waals surface area contributed by atoms with E-state index in [1.54, 1.807) is 4.68 Å². The van der Waals surface area contributed by atoms with E-state index in [1.165, 1.54) is 0 Å². The van der Waals surface area contributed by atoms with E-state index >= 15 is 0 Å². The lowest BCUT2D eigenvalue weighted by atomic mass is 9.86. The van der Waals surface area contributed by atoms with Gasteiger partial charge >= 0.3 is 0 Å². The highest BCUT2D eigenvalue weighted by Gasteiger charge is 2.38. The number of aliphatic hydroxyl groups is 1. The molecule has 0 aliphatic carbocycles. The summed E-state index contributed by atoms with van der Waals surface area (Å²) in [6.07, 6.45) is 0.897. The Kier molecular flexibility index (Phi) is 5.30. The Morgan fingerprint density at radius 1 is 1.43 bits per heavy atom. The van der Waals surface area contributed by atoms with Crippen molar-refractivity contribution in [3.8, 4) is 0 Å². The summed E-state index contributed by atoms with van der Waals surface area (Å²) in [6, 6.07) is 0. The zero-order valence-electron chi connectivity index (χ0n) is 13.4.